The third-order valence-electron chi connectivity index (χ3n) is 13.5. The minimum absolute atomic E-state index is 0.236. The number of ether oxygens (including phenoxy) is 5. The Kier molecular flexibility index (Phi) is 26.8. The molecule has 0 N–H and O–H groups in total. The fraction of sp³-hybridized carbons (Fsp3) is 0.765. The van der Waals surface area contributed by atoms with Crippen molar-refractivity contribution in [1.82, 2.24) is 19.6 Å². The molecule has 4 aliphatic heterocycles. The molecular weight excluding hydrogens is 813 g/mol. The van der Waals surface area contributed by atoms with Crippen LogP contribution >= 0.6 is 0 Å². The van der Waals surface area contributed by atoms with Crippen LogP contribution < -0.4 is 0 Å². The minimum Gasteiger partial charge on any atom is -0.462 e. The van der Waals surface area contributed by atoms with Crippen molar-refractivity contribution in [2.45, 2.75) is 135 Å². The Balaban J connectivity index is 0.899. The summed E-state index contributed by atoms with van der Waals surface area (Å²) in [6, 6.07) is 0. The maximum absolute atomic E-state index is 12.3. The lowest BCUT2D eigenvalue weighted by Gasteiger charge is -2.33. The van der Waals surface area contributed by atoms with Gasteiger partial charge in [-0.15, -0.1) is 0 Å². The molecule has 0 aliphatic carbocycles. The maximum atomic E-state index is 12.3. The third kappa shape index (κ3) is 23.8. The van der Waals surface area contributed by atoms with E-state index < -0.39 is 0 Å². The van der Waals surface area contributed by atoms with Crippen LogP contribution in [-0.2, 0) is 42.9 Å². The monoisotopic (exact) mass is 897 g/mol. The maximum Gasteiger partial charge on any atom is 0.332 e. The number of likely N-dealkylation sites (tertiary alicyclic amines) is 4. The van der Waals surface area contributed by atoms with Crippen LogP contribution in [0.5, 0.6) is 0 Å². The van der Waals surface area contributed by atoms with E-state index in [0.29, 0.717) is 26.4 Å². The molecule has 4 fully saturated rings. The SMILES string of the molecule is CCCCOC(=O)/C=C/N1CCC(CCCC2CCN(/C=C/C(=O)OCCCCCCOC(=O)/C=C/N3CCC(CCCC4CCN(/C=C/C(=O)OCCOC)CC4)CC3)CC2)CC1. The molecule has 0 radical (unpaired) electrons. The predicted molar refractivity (Wildman–Crippen MR) is 251 cm³/mol. The lowest BCUT2D eigenvalue weighted by molar-refractivity contribution is -0.139. The number of hydrogen-bond donors (Lipinski definition) is 0. The second-order valence-corrected chi connectivity index (χ2v) is 18.5. The van der Waals surface area contributed by atoms with E-state index >= 15 is 0 Å². The molecular formula is C51H84N4O9. The summed E-state index contributed by atoms with van der Waals surface area (Å²) in [6.07, 6.45) is 36.3. The molecule has 4 rings (SSSR count). The fourth-order valence-corrected chi connectivity index (χ4v) is 9.26. The lowest BCUT2D eigenvalue weighted by Crippen LogP contribution is -2.30. The van der Waals surface area contributed by atoms with Crippen molar-refractivity contribution < 1.29 is 42.9 Å². The van der Waals surface area contributed by atoms with Crippen molar-refractivity contribution in [3.63, 3.8) is 0 Å². The van der Waals surface area contributed by atoms with Crippen molar-refractivity contribution in [1.29, 1.82) is 0 Å². The Labute approximate surface area is 385 Å². The number of methoxy groups -OCH3 is 1. The van der Waals surface area contributed by atoms with E-state index in [-0.39, 0.29) is 30.5 Å². The summed E-state index contributed by atoms with van der Waals surface area (Å²) in [6.45, 7) is 12.0. The van der Waals surface area contributed by atoms with Gasteiger partial charge in [0, 0.05) is 109 Å². The van der Waals surface area contributed by atoms with Crippen molar-refractivity contribution >= 4 is 23.9 Å². The van der Waals surface area contributed by atoms with Crippen LogP contribution in [-0.4, -0.2) is 136 Å². The number of rotatable bonds is 29. The number of carbonyl (C=O) groups is 4. The van der Waals surface area contributed by atoms with E-state index in [4.69, 9.17) is 23.7 Å². The molecule has 4 aliphatic rings. The summed E-state index contributed by atoms with van der Waals surface area (Å²) in [5.74, 6) is 1.94. The first-order valence-electron chi connectivity index (χ1n) is 25.1. The zero-order valence-corrected chi connectivity index (χ0v) is 39.7. The Morgan fingerprint density at radius 3 is 0.953 bits per heavy atom. The van der Waals surface area contributed by atoms with Crippen LogP contribution in [0.4, 0.5) is 0 Å². The number of carbonyl (C=O) groups excluding carboxylic acids is 4. The molecule has 0 aromatic heterocycles. The largest absolute Gasteiger partial charge is 0.462 e. The number of nitrogens with zero attached hydrogens (tertiary/aromatic N) is 4. The van der Waals surface area contributed by atoms with Crippen molar-refractivity contribution in [2.75, 3.05) is 92.5 Å². The summed E-state index contributed by atoms with van der Waals surface area (Å²) in [5.41, 5.74) is 0. The van der Waals surface area contributed by atoms with Gasteiger partial charge in [0.1, 0.15) is 6.61 Å². The summed E-state index contributed by atoms with van der Waals surface area (Å²) in [7, 11) is 1.59. The molecule has 0 unspecified atom stereocenters. The van der Waals surface area contributed by atoms with Crippen molar-refractivity contribution in [3.05, 3.63) is 49.1 Å². The van der Waals surface area contributed by atoms with E-state index in [1.54, 1.807) is 25.3 Å². The topological polar surface area (TPSA) is 127 Å². The highest BCUT2D eigenvalue weighted by Crippen LogP contribution is 2.29. The quantitative estimate of drug-likeness (QED) is 0.0309. The van der Waals surface area contributed by atoms with E-state index in [2.05, 4.69) is 26.5 Å². The van der Waals surface area contributed by atoms with E-state index in [1.807, 2.05) is 24.8 Å². The van der Waals surface area contributed by atoms with Gasteiger partial charge in [-0.1, -0.05) is 51.9 Å². The first kappa shape index (κ1) is 52.6. The summed E-state index contributed by atoms with van der Waals surface area (Å²) >= 11 is 0. The van der Waals surface area contributed by atoms with Crippen molar-refractivity contribution in [2.24, 2.45) is 23.7 Å². The molecule has 0 atom stereocenters. The van der Waals surface area contributed by atoms with Gasteiger partial charge in [-0.3, -0.25) is 0 Å². The zero-order valence-electron chi connectivity index (χ0n) is 39.7. The molecule has 0 spiro atoms. The van der Waals surface area contributed by atoms with Gasteiger partial charge < -0.3 is 43.3 Å². The smallest absolute Gasteiger partial charge is 0.332 e. The molecule has 362 valence electrons. The van der Waals surface area contributed by atoms with Crippen LogP contribution in [0.25, 0.3) is 0 Å². The number of esters is 4. The normalized spacial score (nSPS) is 18.8. The van der Waals surface area contributed by atoms with Gasteiger partial charge in [-0.2, -0.15) is 0 Å². The van der Waals surface area contributed by atoms with Crippen LogP contribution in [0.15, 0.2) is 49.1 Å². The molecule has 0 bridgehead atoms. The molecule has 64 heavy (non-hydrogen) atoms. The molecule has 4 saturated heterocycles. The van der Waals surface area contributed by atoms with Crippen LogP contribution in [0.3, 0.4) is 0 Å². The van der Waals surface area contributed by atoms with E-state index in [0.717, 1.165) is 127 Å². The molecule has 0 aromatic rings. The lowest BCUT2D eigenvalue weighted by atomic mass is 9.87. The Bertz CT molecular complexity index is 1310. The van der Waals surface area contributed by atoms with E-state index in [1.165, 1.54) is 83.1 Å². The first-order chi connectivity index (χ1) is 31.3. The van der Waals surface area contributed by atoms with Gasteiger partial charge in [-0.25, -0.2) is 19.2 Å². The molecule has 13 nitrogen and oxygen atoms in total. The predicted octanol–water partition coefficient (Wildman–Crippen LogP) is 8.41. The van der Waals surface area contributed by atoms with Gasteiger partial charge in [0.05, 0.1) is 26.4 Å². The van der Waals surface area contributed by atoms with Gasteiger partial charge in [-0.05, 0) is 107 Å². The Morgan fingerprint density at radius 1 is 0.391 bits per heavy atom. The third-order valence-corrected chi connectivity index (χ3v) is 13.5. The minimum atomic E-state index is -0.315. The standard InChI is InChI=1S/C51H84N4O9/c1-3-4-39-61-48(56)23-35-52-27-15-44(16-28-52)11-9-12-45-17-29-53(30-18-45)36-24-49(57)62-40-7-5-6-8-41-63-50(58)25-37-54-31-19-46(20-32-54)13-10-14-47-21-33-55(34-22-47)38-26-51(59)64-43-42-60-2/h23-26,35-38,44-47H,3-22,27-34,39-43H2,1-2H3/b35-23+,36-24+,37-25+,38-26+. The highest BCUT2D eigenvalue weighted by molar-refractivity contribution is 5.82. The van der Waals surface area contributed by atoms with E-state index in [9.17, 15) is 19.2 Å². The van der Waals surface area contributed by atoms with Gasteiger partial charge >= 0.3 is 23.9 Å². The summed E-state index contributed by atoms with van der Waals surface area (Å²) < 4.78 is 26.1. The molecule has 0 aromatic carbocycles. The van der Waals surface area contributed by atoms with Crippen LogP contribution in [0, 0.1) is 23.7 Å². The molecule has 13 heteroatoms. The average Bonchev–Trinajstić information content (AvgIpc) is 3.31. The second-order valence-electron chi connectivity index (χ2n) is 18.5. The summed E-state index contributed by atoms with van der Waals surface area (Å²) in [4.78, 5) is 57.1. The summed E-state index contributed by atoms with van der Waals surface area (Å²) in [5, 5.41) is 0. The molecule has 4 heterocycles. The van der Waals surface area contributed by atoms with Crippen LogP contribution in [0.1, 0.15) is 135 Å². The van der Waals surface area contributed by atoms with Crippen molar-refractivity contribution in [3.8, 4) is 0 Å². The molecule has 0 amide bonds. The van der Waals surface area contributed by atoms with Gasteiger partial charge in [0.2, 0.25) is 0 Å². The molecule has 0 saturated carbocycles. The van der Waals surface area contributed by atoms with Crippen LogP contribution in [0.2, 0.25) is 0 Å². The van der Waals surface area contributed by atoms with Gasteiger partial charge in [0.15, 0.2) is 0 Å². The number of hydrogen-bond acceptors (Lipinski definition) is 13. The number of piperidine rings is 4. The second kappa shape index (κ2) is 32.6. The van der Waals surface area contributed by atoms with Gasteiger partial charge in [0.25, 0.3) is 0 Å². The number of unbranched alkanes of at least 4 members (excludes halogenated alkanes) is 4. The highest BCUT2D eigenvalue weighted by Gasteiger charge is 2.22. The average molecular weight is 897 g/mol. The Hall–Kier alpha value is -4.00. The first-order valence-corrected chi connectivity index (χ1v) is 25.1. The zero-order chi connectivity index (χ0) is 45.5. The Morgan fingerprint density at radius 2 is 0.672 bits per heavy atom. The fourth-order valence-electron chi connectivity index (χ4n) is 9.26. The highest BCUT2D eigenvalue weighted by atomic mass is 16.6.